The smallest absolute Gasteiger partial charge is 0.254 e. The summed E-state index contributed by atoms with van der Waals surface area (Å²) in [4.78, 5) is 11.8. The highest BCUT2D eigenvalue weighted by Crippen LogP contribution is 2.23. The van der Waals surface area contributed by atoms with Gasteiger partial charge in [-0.05, 0) is 19.1 Å². The van der Waals surface area contributed by atoms with Gasteiger partial charge in [0.15, 0.2) is 0 Å². The monoisotopic (exact) mass is 274 g/mol. The van der Waals surface area contributed by atoms with Crippen molar-refractivity contribution >= 4 is 24.0 Å². The van der Waals surface area contributed by atoms with E-state index in [1.54, 1.807) is 12.1 Å². The number of ether oxygens (including phenoxy) is 2. The number of carbonyl (C=O) groups is 1. The summed E-state index contributed by atoms with van der Waals surface area (Å²) in [6, 6.07) is 7.23. The topological polar surface area (TPSA) is 73.6 Å². The predicted octanol–water partition coefficient (Wildman–Crippen LogP) is 1.42. The number of carbonyl (C=O) groups excluding carboxylic acids is 1. The molecule has 0 radical (unpaired) electrons. The van der Waals surface area contributed by atoms with Crippen molar-refractivity contribution in [2.75, 3.05) is 25.6 Å². The van der Waals surface area contributed by atoms with Crippen LogP contribution in [0.5, 0.6) is 5.75 Å². The molecular weight excluding hydrogens is 256 g/mol. The third-order valence-electron chi connectivity index (χ3n) is 2.24. The summed E-state index contributed by atoms with van der Waals surface area (Å²) in [5.41, 5.74) is 6.04. The molecule has 102 valence electrons. The van der Waals surface area contributed by atoms with Gasteiger partial charge in [-0.2, -0.15) is 0 Å². The number of amides is 1. The van der Waals surface area contributed by atoms with E-state index in [4.69, 9.17) is 15.2 Å². The van der Waals surface area contributed by atoms with E-state index in [9.17, 15) is 4.79 Å². The lowest BCUT2D eigenvalue weighted by atomic mass is 10.2. The molecule has 0 saturated carbocycles. The summed E-state index contributed by atoms with van der Waals surface area (Å²) in [5.74, 6) is 0.359. The van der Waals surface area contributed by atoms with Gasteiger partial charge in [-0.25, -0.2) is 0 Å². The van der Waals surface area contributed by atoms with Crippen LogP contribution in [0, 0.1) is 0 Å². The zero-order valence-electron chi connectivity index (χ0n) is 10.5. The van der Waals surface area contributed by atoms with Crippen molar-refractivity contribution in [2.24, 2.45) is 5.73 Å². The molecule has 1 aromatic rings. The van der Waals surface area contributed by atoms with Crippen LogP contribution in [0.3, 0.4) is 0 Å². The van der Waals surface area contributed by atoms with E-state index < -0.39 is 6.10 Å². The molecule has 0 bridgehead atoms. The normalized spacial score (nSPS) is 11.3. The molecule has 0 aromatic heterocycles. The predicted molar refractivity (Wildman–Crippen MR) is 73.3 cm³/mol. The first-order valence-electron chi connectivity index (χ1n) is 5.48. The van der Waals surface area contributed by atoms with E-state index in [2.05, 4.69) is 5.32 Å². The zero-order valence-corrected chi connectivity index (χ0v) is 11.3. The molecule has 0 saturated heterocycles. The molecule has 3 N–H and O–H groups in total. The summed E-state index contributed by atoms with van der Waals surface area (Å²) in [7, 11) is 1.45. The van der Waals surface area contributed by atoms with E-state index in [1.165, 1.54) is 7.11 Å². The molecule has 5 nitrogen and oxygen atoms in total. The van der Waals surface area contributed by atoms with E-state index in [1.807, 2.05) is 19.1 Å². The highest BCUT2D eigenvalue weighted by Gasteiger charge is 2.17. The minimum atomic E-state index is -0.648. The number of hydrogen-bond acceptors (Lipinski definition) is 4. The van der Waals surface area contributed by atoms with Crippen LogP contribution in [-0.2, 0) is 9.53 Å². The number of nitrogens with one attached hydrogen (secondary N) is 1. The van der Waals surface area contributed by atoms with E-state index in [0.717, 1.165) is 0 Å². The SMILES string of the molecule is CCOc1ccccc1NC(=O)C(CN)OC.Cl. The molecule has 0 fully saturated rings. The van der Waals surface area contributed by atoms with Gasteiger partial charge < -0.3 is 20.5 Å². The van der Waals surface area contributed by atoms with Gasteiger partial charge in [0.1, 0.15) is 11.9 Å². The third kappa shape index (κ3) is 4.52. The molecule has 1 unspecified atom stereocenters. The highest BCUT2D eigenvalue weighted by molar-refractivity contribution is 5.95. The molecular formula is C12H19ClN2O3. The van der Waals surface area contributed by atoms with Crippen molar-refractivity contribution in [1.82, 2.24) is 0 Å². The van der Waals surface area contributed by atoms with E-state index in [0.29, 0.717) is 18.0 Å². The third-order valence-corrected chi connectivity index (χ3v) is 2.24. The fourth-order valence-corrected chi connectivity index (χ4v) is 1.37. The first kappa shape index (κ1) is 16.7. The number of para-hydroxylation sites is 2. The van der Waals surface area contributed by atoms with Gasteiger partial charge in [0.2, 0.25) is 0 Å². The quantitative estimate of drug-likeness (QED) is 0.823. The zero-order chi connectivity index (χ0) is 12.7. The Morgan fingerprint density at radius 1 is 1.44 bits per heavy atom. The number of halogens is 1. The Kier molecular flexibility index (Phi) is 8.11. The Morgan fingerprint density at radius 2 is 2.11 bits per heavy atom. The Bertz CT molecular complexity index is 370. The standard InChI is InChI=1S/C12H18N2O3.ClH/c1-3-17-10-7-5-4-6-9(10)14-12(15)11(8-13)16-2;/h4-7,11H,3,8,13H2,1-2H3,(H,14,15);1H. The Labute approximate surface area is 113 Å². The second-order valence-corrected chi connectivity index (χ2v) is 3.38. The molecule has 6 heteroatoms. The molecule has 18 heavy (non-hydrogen) atoms. The summed E-state index contributed by atoms with van der Waals surface area (Å²) < 4.78 is 10.4. The van der Waals surface area contributed by atoms with Crippen LogP contribution in [0.1, 0.15) is 6.92 Å². The van der Waals surface area contributed by atoms with Gasteiger partial charge in [-0.3, -0.25) is 4.79 Å². The Morgan fingerprint density at radius 3 is 2.67 bits per heavy atom. The van der Waals surface area contributed by atoms with Crippen molar-refractivity contribution < 1.29 is 14.3 Å². The van der Waals surface area contributed by atoms with Crippen molar-refractivity contribution in [1.29, 1.82) is 0 Å². The molecule has 0 heterocycles. The maximum Gasteiger partial charge on any atom is 0.254 e. The second kappa shape index (κ2) is 8.74. The average Bonchev–Trinajstić information content (AvgIpc) is 2.33. The lowest BCUT2D eigenvalue weighted by Gasteiger charge is -2.15. The number of anilines is 1. The summed E-state index contributed by atoms with van der Waals surface area (Å²) in [6.07, 6.45) is -0.648. The minimum absolute atomic E-state index is 0. The summed E-state index contributed by atoms with van der Waals surface area (Å²) in [5, 5.41) is 2.73. The van der Waals surface area contributed by atoms with Crippen molar-refractivity contribution in [2.45, 2.75) is 13.0 Å². The van der Waals surface area contributed by atoms with Crippen LogP contribution >= 0.6 is 12.4 Å². The molecule has 1 aromatic carbocycles. The van der Waals surface area contributed by atoms with Crippen LogP contribution in [0.4, 0.5) is 5.69 Å². The molecule has 0 aliphatic carbocycles. The lowest BCUT2D eigenvalue weighted by molar-refractivity contribution is -0.125. The largest absolute Gasteiger partial charge is 0.492 e. The van der Waals surface area contributed by atoms with Crippen molar-refractivity contribution in [3.05, 3.63) is 24.3 Å². The fraction of sp³-hybridized carbons (Fsp3) is 0.417. The molecule has 1 atom stereocenters. The summed E-state index contributed by atoms with van der Waals surface area (Å²) >= 11 is 0. The van der Waals surface area contributed by atoms with Crippen molar-refractivity contribution in [3.8, 4) is 5.75 Å². The number of methoxy groups -OCH3 is 1. The maximum atomic E-state index is 11.8. The Balaban J connectivity index is 0.00000289. The van der Waals surface area contributed by atoms with E-state index in [-0.39, 0.29) is 24.9 Å². The second-order valence-electron chi connectivity index (χ2n) is 3.38. The first-order valence-corrected chi connectivity index (χ1v) is 5.48. The van der Waals surface area contributed by atoms with Crippen molar-refractivity contribution in [3.63, 3.8) is 0 Å². The molecule has 0 aliphatic heterocycles. The number of rotatable bonds is 6. The van der Waals surface area contributed by atoms with Crippen LogP contribution in [0.15, 0.2) is 24.3 Å². The van der Waals surface area contributed by atoms with Gasteiger partial charge in [0, 0.05) is 13.7 Å². The highest BCUT2D eigenvalue weighted by atomic mass is 35.5. The first-order chi connectivity index (χ1) is 8.22. The summed E-state index contributed by atoms with van der Waals surface area (Å²) in [6.45, 7) is 2.56. The average molecular weight is 275 g/mol. The van der Waals surface area contributed by atoms with Gasteiger partial charge >= 0.3 is 0 Å². The fourth-order valence-electron chi connectivity index (χ4n) is 1.37. The van der Waals surface area contributed by atoms with Gasteiger partial charge in [-0.1, -0.05) is 12.1 Å². The number of nitrogens with two attached hydrogens (primary N) is 1. The molecule has 0 aliphatic rings. The Hall–Kier alpha value is -1.30. The maximum absolute atomic E-state index is 11.8. The number of benzene rings is 1. The van der Waals surface area contributed by atoms with Crippen LogP contribution < -0.4 is 15.8 Å². The molecule has 1 amide bonds. The van der Waals surface area contributed by atoms with Gasteiger partial charge in [0.05, 0.1) is 12.3 Å². The number of hydrogen-bond donors (Lipinski definition) is 2. The van der Waals surface area contributed by atoms with Gasteiger partial charge in [0.25, 0.3) is 5.91 Å². The minimum Gasteiger partial charge on any atom is -0.492 e. The van der Waals surface area contributed by atoms with Crippen LogP contribution in [0.2, 0.25) is 0 Å². The molecule has 0 spiro atoms. The van der Waals surface area contributed by atoms with Crippen LogP contribution in [0.25, 0.3) is 0 Å². The van der Waals surface area contributed by atoms with E-state index >= 15 is 0 Å². The van der Waals surface area contributed by atoms with Crippen LogP contribution in [-0.4, -0.2) is 32.3 Å². The van der Waals surface area contributed by atoms with Gasteiger partial charge in [-0.15, -0.1) is 12.4 Å². The lowest BCUT2D eigenvalue weighted by Crippen LogP contribution is -2.36. The molecule has 1 rings (SSSR count).